The van der Waals surface area contributed by atoms with Gasteiger partial charge in [0.1, 0.15) is 5.92 Å². The highest BCUT2D eigenvalue weighted by atomic mass is 35.5. The van der Waals surface area contributed by atoms with Gasteiger partial charge in [0.05, 0.1) is 23.9 Å². The SMILES string of the molecule is CN1CC=C2C(C#N)C(=N)C(C#N)(C#N)C(c3ccccc3Cl)C2C1. The van der Waals surface area contributed by atoms with Crippen LogP contribution in [0, 0.1) is 56.7 Å². The molecule has 3 atom stereocenters. The Morgan fingerprint density at radius 3 is 2.52 bits per heavy atom. The lowest BCUT2D eigenvalue weighted by Gasteiger charge is -2.47. The Kier molecular flexibility index (Phi) is 4.36. The predicted molar refractivity (Wildman–Crippen MR) is 93.8 cm³/mol. The number of likely N-dealkylation sites (N-methyl/N-ethyl adjacent to an activating group) is 1. The van der Waals surface area contributed by atoms with Gasteiger partial charge in [-0.1, -0.05) is 35.9 Å². The average molecular weight is 350 g/mol. The molecule has 3 unspecified atom stereocenters. The Morgan fingerprint density at radius 2 is 1.92 bits per heavy atom. The molecule has 1 aliphatic carbocycles. The van der Waals surface area contributed by atoms with Crippen LogP contribution in [0.25, 0.3) is 0 Å². The van der Waals surface area contributed by atoms with Crippen molar-refractivity contribution >= 4 is 17.3 Å². The minimum absolute atomic E-state index is 0.142. The molecule has 124 valence electrons. The summed E-state index contributed by atoms with van der Waals surface area (Å²) in [5.41, 5.74) is -0.334. The van der Waals surface area contributed by atoms with Gasteiger partial charge >= 0.3 is 0 Å². The third-order valence-electron chi connectivity index (χ3n) is 5.21. The van der Waals surface area contributed by atoms with Crippen molar-refractivity contribution in [3.8, 4) is 18.2 Å². The fraction of sp³-hybridized carbons (Fsp3) is 0.368. The van der Waals surface area contributed by atoms with Gasteiger partial charge in [0, 0.05) is 29.9 Å². The molecular weight excluding hydrogens is 334 g/mol. The molecule has 0 radical (unpaired) electrons. The molecule has 1 N–H and O–H groups in total. The highest BCUT2D eigenvalue weighted by molar-refractivity contribution is 6.31. The molecule has 0 aromatic heterocycles. The number of halogens is 1. The van der Waals surface area contributed by atoms with Crippen LogP contribution < -0.4 is 0 Å². The first kappa shape index (κ1) is 17.2. The van der Waals surface area contributed by atoms with Gasteiger partial charge in [-0.2, -0.15) is 15.8 Å². The number of benzene rings is 1. The highest BCUT2D eigenvalue weighted by Gasteiger charge is 2.57. The van der Waals surface area contributed by atoms with Gasteiger partial charge in [0.15, 0.2) is 5.41 Å². The molecule has 5 nitrogen and oxygen atoms in total. The predicted octanol–water partition coefficient (Wildman–Crippen LogP) is 3.12. The maximum absolute atomic E-state index is 9.91. The number of fused-ring (bicyclic) bond motifs is 1. The second kappa shape index (κ2) is 6.34. The van der Waals surface area contributed by atoms with Crippen molar-refractivity contribution in [3.05, 3.63) is 46.5 Å². The van der Waals surface area contributed by atoms with Crippen LogP contribution in [0.2, 0.25) is 5.02 Å². The van der Waals surface area contributed by atoms with Crippen LogP contribution >= 0.6 is 11.6 Å². The number of hydrogen-bond donors (Lipinski definition) is 1. The lowest BCUT2D eigenvalue weighted by atomic mass is 9.54. The zero-order valence-corrected chi connectivity index (χ0v) is 14.5. The molecule has 6 heteroatoms. The number of nitrogens with one attached hydrogen (secondary N) is 1. The Balaban J connectivity index is 2.30. The van der Waals surface area contributed by atoms with Crippen molar-refractivity contribution in [3.63, 3.8) is 0 Å². The van der Waals surface area contributed by atoms with Crippen molar-refractivity contribution in [2.24, 2.45) is 17.3 Å². The number of nitrogens with zero attached hydrogens (tertiary/aromatic N) is 4. The van der Waals surface area contributed by atoms with Crippen LogP contribution in [0.1, 0.15) is 11.5 Å². The van der Waals surface area contributed by atoms with Crippen LogP contribution in [0.5, 0.6) is 0 Å². The maximum atomic E-state index is 9.91. The summed E-state index contributed by atoms with van der Waals surface area (Å²) < 4.78 is 0. The van der Waals surface area contributed by atoms with E-state index in [9.17, 15) is 15.8 Å². The highest BCUT2D eigenvalue weighted by Crippen LogP contribution is 2.54. The van der Waals surface area contributed by atoms with Gasteiger partial charge in [0.2, 0.25) is 0 Å². The topological polar surface area (TPSA) is 98.5 Å². The summed E-state index contributed by atoms with van der Waals surface area (Å²) in [4.78, 5) is 2.08. The first-order valence-corrected chi connectivity index (χ1v) is 8.32. The normalized spacial score (nSPS) is 28.0. The molecule has 3 rings (SSSR count). The first-order chi connectivity index (χ1) is 12.0. The maximum Gasteiger partial charge on any atom is 0.189 e. The molecule has 1 saturated carbocycles. The summed E-state index contributed by atoms with van der Waals surface area (Å²) in [6, 6.07) is 13.4. The van der Waals surface area contributed by atoms with E-state index in [1.165, 1.54) is 0 Å². The largest absolute Gasteiger partial charge is 0.305 e. The molecule has 0 spiro atoms. The lowest BCUT2D eigenvalue weighted by molar-refractivity contribution is 0.235. The monoisotopic (exact) mass is 349 g/mol. The van der Waals surface area contributed by atoms with Gasteiger partial charge in [-0.25, -0.2) is 0 Å². The third-order valence-corrected chi connectivity index (χ3v) is 5.56. The summed E-state index contributed by atoms with van der Waals surface area (Å²) >= 11 is 6.40. The number of rotatable bonds is 1. The smallest absolute Gasteiger partial charge is 0.189 e. The van der Waals surface area contributed by atoms with E-state index in [-0.39, 0.29) is 11.6 Å². The van der Waals surface area contributed by atoms with Crippen molar-refractivity contribution in [2.75, 3.05) is 20.1 Å². The van der Waals surface area contributed by atoms with E-state index in [4.69, 9.17) is 17.0 Å². The van der Waals surface area contributed by atoms with Gasteiger partial charge in [-0.05, 0) is 24.3 Å². The second-order valence-corrected chi connectivity index (χ2v) is 6.95. The van der Waals surface area contributed by atoms with E-state index in [1.54, 1.807) is 12.1 Å². The van der Waals surface area contributed by atoms with Crippen LogP contribution in [0.15, 0.2) is 35.9 Å². The summed E-state index contributed by atoms with van der Waals surface area (Å²) in [5.74, 6) is -1.63. The van der Waals surface area contributed by atoms with Crippen molar-refractivity contribution in [2.45, 2.75) is 5.92 Å². The number of hydrogen-bond acceptors (Lipinski definition) is 5. The molecule has 25 heavy (non-hydrogen) atoms. The van der Waals surface area contributed by atoms with Crippen LogP contribution in [0.3, 0.4) is 0 Å². The van der Waals surface area contributed by atoms with Gasteiger partial charge < -0.3 is 10.3 Å². The Morgan fingerprint density at radius 1 is 1.24 bits per heavy atom. The second-order valence-electron chi connectivity index (χ2n) is 6.54. The zero-order chi connectivity index (χ0) is 18.2. The van der Waals surface area contributed by atoms with Crippen LogP contribution in [0.4, 0.5) is 0 Å². The summed E-state index contributed by atoms with van der Waals surface area (Å²) in [7, 11) is 1.96. The van der Waals surface area contributed by atoms with E-state index in [0.717, 1.165) is 5.57 Å². The minimum atomic E-state index is -1.70. The summed E-state index contributed by atoms with van der Waals surface area (Å²) in [6.45, 7) is 1.29. The molecule has 1 heterocycles. The standard InChI is InChI=1S/C19H16ClN5/c1-25-7-6-12-14(8-21)18(24)19(10-22,11-23)17(15(12)9-25)13-4-2-3-5-16(13)20/h2-6,14-15,17,24H,7,9H2,1H3. The molecule has 2 aliphatic rings. The van der Waals surface area contributed by atoms with Crippen LogP contribution in [-0.2, 0) is 0 Å². The van der Waals surface area contributed by atoms with E-state index in [0.29, 0.717) is 23.7 Å². The Hall–Kier alpha value is -2.65. The fourth-order valence-electron chi connectivity index (χ4n) is 4.02. The van der Waals surface area contributed by atoms with Crippen molar-refractivity contribution in [1.82, 2.24) is 4.90 Å². The quantitative estimate of drug-likeness (QED) is 0.787. The molecule has 1 aromatic carbocycles. The number of nitriles is 3. The van der Waals surface area contributed by atoms with Gasteiger partial charge in [0.25, 0.3) is 0 Å². The molecule has 1 aliphatic heterocycles. The van der Waals surface area contributed by atoms with E-state index in [2.05, 4.69) is 23.1 Å². The van der Waals surface area contributed by atoms with Crippen molar-refractivity contribution < 1.29 is 0 Å². The average Bonchev–Trinajstić information content (AvgIpc) is 2.62. The third kappa shape index (κ3) is 2.43. The summed E-state index contributed by atoms with van der Waals surface area (Å²) in [5, 5.41) is 38.4. The molecular formula is C19H16ClN5. The molecule has 1 aromatic rings. The first-order valence-electron chi connectivity index (χ1n) is 7.94. The molecule has 1 fully saturated rings. The van der Waals surface area contributed by atoms with Crippen LogP contribution in [-0.4, -0.2) is 30.7 Å². The van der Waals surface area contributed by atoms with Gasteiger partial charge in [-0.3, -0.25) is 0 Å². The van der Waals surface area contributed by atoms with Crippen molar-refractivity contribution in [1.29, 1.82) is 21.2 Å². The Bertz CT molecular complexity index is 868. The molecule has 0 amide bonds. The van der Waals surface area contributed by atoms with E-state index in [1.807, 2.05) is 25.3 Å². The molecule has 0 saturated heterocycles. The fourth-order valence-corrected chi connectivity index (χ4v) is 4.28. The lowest BCUT2D eigenvalue weighted by Crippen LogP contribution is -2.52. The van der Waals surface area contributed by atoms with Gasteiger partial charge in [-0.15, -0.1) is 0 Å². The minimum Gasteiger partial charge on any atom is -0.305 e. The molecule has 0 bridgehead atoms. The zero-order valence-electron chi connectivity index (χ0n) is 13.7. The Labute approximate surface area is 151 Å². The summed E-state index contributed by atoms with van der Waals surface area (Å²) in [6.07, 6.45) is 1.96. The van der Waals surface area contributed by atoms with E-state index >= 15 is 0 Å². The van der Waals surface area contributed by atoms with E-state index < -0.39 is 17.3 Å².